The normalized spacial score (nSPS) is 17.8. The lowest BCUT2D eigenvalue weighted by atomic mass is 9.96. The SMILES string of the molecule is C=C/C=C(O)\C=C/CNC1CCN(c2n[nH]c(CC)c2/C(=C\C)c2ccccc2)C1. The minimum Gasteiger partial charge on any atom is -0.508 e. The van der Waals surface area contributed by atoms with Crippen LogP contribution in [0, 0.1) is 0 Å². The van der Waals surface area contributed by atoms with Crippen molar-refractivity contribution in [2.45, 2.75) is 32.7 Å². The van der Waals surface area contributed by atoms with Crippen LogP contribution in [0.15, 0.2) is 73.1 Å². The van der Waals surface area contributed by atoms with Crippen molar-refractivity contribution in [3.63, 3.8) is 0 Å². The number of aliphatic hydroxyl groups excluding tert-OH is 1. The van der Waals surface area contributed by atoms with Gasteiger partial charge in [-0.15, -0.1) is 0 Å². The first-order valence-electron chi connectivity index (χ1n) is 10.6. The molecule has 0 radical (unpaired) electrons. The lowest BCUT2D eigenvalue weighted by Gasteiger charge is -2.19. The molecule has 3 rings (SSSR count). The average molecular weight is 405 g/mol. The zero-order valence-electron chi connectivity index (χ0n) is 17.9. The van der Waals surface area contributed by atoms with E-state index in [1.165, 1.54) is 22.4 Å². The molecule has 0 saturated carbocycles. The number of nitrogens with zero attached hydrogens (tertiary/aromatic N) is 2. The van der Waals surface area contributed by atoms with Gasteiger partial charge >= 0.3 is 0 Å². The molecule has 1 atom stereocenters. The number of rotatable bonds is 9. The molecule has 0 spiro atoms. The Morgan fingerprint density at radius 1 is 1.37 bits per heavy atom. The van der Waals surface area contributed by atoms with Gasteiger partial charge in [0.25, 0.3) is 0 Å². The van der Waals surface area contributed by atoms with Gasteiger partial charge in [0.05, 0.1) is 0 Å². The highest BCUT2D eigenvalue weighted by Gasteiger charge is 2.28. The van der Waals surface area contributed by atoms with Crippen LogP contribution < -0.4 is 10.2 Å². The highest BCUT2D eigenvalue weighted by molar-refractivity contribution is 5.86. The summed E-state index contributed by atoms with van der Waals surface area (Å²) in [4.78, 5) is 2.37. The fourth-order valence-corrected chi connectivity index (χ4v) is 3.92. The van der Waals surface area contributed by atoms with Crippen molar-refractivity contribution in [3.8, 4) is 0 Å². The number of aliphatic hydroxyl groups is 1. The second kappa shape index (κ2) is 10.6. The number of hydrogen-bond donors (Lipinski definition) is 3. The van der Waals surface area contributed by atoms with Gasteiger partial charge in [-0.2, -0.15) is 5.10 Å². The van der Waals surface area contributed by atoms with E-state index in [1.807, 2.05) is 12.1 Å². The Bertz CT molecular complexity index is 924. The maximum atomic E-state index is 9.61. The summed E-state index contributed by atoms with van der Waals surface area (Å²) in [5, 5.41) is 21.1. The van der Waals surface area contributed by atoms with E-state index in [4.69, 9.17) is 5.10 Å². The molecule has 1 saturated heterocycles. The van der Waals surface area contributed by atoms with E-state index in [2.05, 4.69) is 66.1 Å². The predicted molar refractivity (Wildman–Crippen MR) is 126 cm³/mol. The molecule has 0 amide bonds. The quantitative estimate of drug-likeness (QED) is 0.416. The molecular formula is C25H32N4O. The molecule has 2 aromatic rings. The summed E-state index contributed by atoms with van der Waals surface area (Å²) in [5.41, 5.74) is 4.82. The van der Waals surface area contributed by atoms with Crippen LogP contribution in [0.3, 0.4) is 0 Å². The van der Waals surface area contributed by atoms with E-state index in [0.717, 1.165) is 31.7 Å². The van der Waals surface area contributed by atoms with Gasteiger partial charge in [-0.05, 0) is 43.1 Å². The number of aromatic nitrogens is 2. The summed E-state index contributed by atoms with van der Waals surface area (Å²) in [7, 11) is 0. The molecule has 3 N–H and O–H groups in total. The monoisotopic (exact) mass is 404 g/mol. The van der Waals surface area contributed by atoms with Gasteiger partial charge in [-0.3, -0.25) is 5.10 Å². The molecule has 158 valence electrons. The number of H-pyrrole nitrogens is 1. The molecule has 1 aromatic carbocycles. The number of allylic oxidation sites excluding steroid dienone is 4. The summed E-state index contributed by atoms with van der Waals surface area (Å²) < 4.78 is 0. The van der Waals surface area contributed by atoms with Crippen LogP contribution in [0.5, 0.6) is 0 Å². The number of aryl methyl sites for hydroxylation is 1. The Morgan fingerprint density at radius 3 is 2.87 bits per heavy atom. The largest absolute Gasteiger partial charge is 0.508 e. The number of benzene rings is 1. The summed E-state index contributed by atoms with van der Waals surface area (Å²) in [6.45, 7) is 10.4. The third-order valence-electron chi connectivity index (χ3n) is 5.41. The predicted octanol–water partition coefficient (Wildman–Crippen LogP) is 4.78. The first kappa shape index (κ1) is 21.7. The Labute approximate surface area is 179 Å². The van der Waals surface area contributed by atoms with Gasteiger partial charge in [0.15, 0.2) is 5.82 Å². The minimum atomic E-state index is 0.216. The Kier molecular flexibility index (Phi) is 7.69. The standard InChI is InChI=1S/C25H32N4O/c1-4-11-21(30)14-10-16-26-20-15-17-29(18-20)25-24(23(6-3)27-28-25)22(5-2)19-12-8-7-9-13-19/h4-5,7-14,20,26,30H,1,6,15-18H2,2-3H3,(H,27,28)/b14-10-,21-11+,22-5-. The smallest absolute Gasteiger partial charge is 0.158 e. The zero-order valence-corrected chi connectivity index (χ0v) is 17.9. The minimum absolute atomic E-state index is 0.216. The third kappa shape index (κ3) is 5.10. The third-order valence-corrected chi connectivity index (χ3v) is 5.41. The second-order valence-corrected chi connectivity index (χ2v) is 7.39. The van der Waals surface area contributed by atoms with Crippen LogP contribution >= 0.6 is 0 Å². The Morgan fingerprint density at radius 2 is 2.17 bits per heavy atom. The van der Waals surface area contributed by atoms with Crippen molar-refractivity contribution in [2.24, 2.45) is 0 Å². The molecule has 5 heteroatoms. The molecule has 0 aliphatic carbocycles. The molecule has 1 fully saturated rings. The fourth-order valence-electron chi connectivity index (χ4n) is 3.92. The van der Waals surface area contributed by atoms with E-state index >= 15 is 0 Å². The zero-order chi connectivity index (χ0) is 21.3. The van der Waals surface area contributed by atoms with Crippen molar-refractivity contribution in [1.82, 2.24) is 15.5 Å². The summed E-state index contributed by atoms with van der Waals surface area (Å²) in [6, 6.07) is 10.9. The lowest BCUT2D eigenvalue weighted by Crippen LogP contribution is -2.33. The first-order chi connectivity index (χ1) is 14.7. The number of aromatic amines is 1. The van der Waals surface area contributed by atoms with Crippen LogP contribution in [0.4, 0.5) is 5.82 Å². The van der Waals surface area contributed by atoms with Crippen LogP contribution in [0.1, 0.15) is 37.1 Å². The fraction of sp³-hybridized carbons (Fsp3) is 0.320. The molecule has 1 unspecified atom stereocenters. The molecular weight excluding hydrogens is 372 g/mol. The van der Waals surface area contributed by atoms with E-state index in [-0.39, 0.29) is 5.76 Å². The highest BCUT2D eigenvalue weighted by atomic mass is 16.3. The van der Waals surface area contributed by atoms with Gasteiger partial charge < -0.3 is 15.3 Å². The van der Waals surface area contributed by atoms with Crippen LogP contribution in [-0.4, -0.2) is 41.0 Å². The molecule has 1 aliphatic heterocycles. The van der Waals surface area contributed by atoms with Gasteiger partial charge in [0.1, 0.15) is 5.76 Å². The second-order valence-electron chi connectivity index (χ2n) is 7.39. The summed E-state index contributed by atoms with van der Waals surface area (Å²) in [5.74, 6) is 1.25. The number of hydrogen-bond acceptors (Lipinski definition) is 4. The van der Waals surface area contributed by atoms with Crippen molar-refractivity contribution >= 4 is 11.4 Å². The van der Waals surface area contributed by atoms with Gasteiger partial charge in [-0.25, -0.2) is 0 Å². The molecule has 30 heavy (non-hydrogen) atoms. The van der Waals surface area contributed by atoms with Crippen molar-refractivity contribution in [2.75, 3.05) is 24.5 Å². The van der Waals surface area contributed by atoms with Gasteiger partial charge in [-0.1, -0.05) is 62.1 Å². The van der Waals surface area contributed by atoms with E-state index in [0.29, 0.717) is 12.6 Å². The molecule has 0 bridgehead atoms. The van der Waals surface area contributed by atoms with E-state index < -0.39 is 0 Å². The van der Waals surface area contributed by atoms with Crippen LogP contribution in [0.2, 0.25) is 0 Å². The summed E-state index contributed by atoms with van der Waals surface area (Å²) in [6.07, 6.45) is 10.9. The Balaban J connectivity index is 1.72. The van der Waals surface area contributed by atoms with Crippen LogP contribution in [-0.2, 0) is 6.42 Å². The van der Waals surface area contributed by atoms with Gasteiger partial charge in [0, 0.05) is 36.9 Å². The lowest BCUT2D eigenvalue weighted by molar-refractivity contribution is 0.432. The summed E-state index contributed by atoms with van der Waals surface area (Å²) >= 11 is 0. The van der Waals surface area contributed by atoms with Crippen molar-refractivity contribution < 1.29 is 5.11 Å². The average Bonchev–Trinajstić information content (AvgIpc) is 3.40. The maximum Gasteiger partial charge on any atom is 0.158 e. The molecule has 2 heterocycles. The van der Waals surface area contributed by atoms with Gasteiger partial charge in [0.2, 0.25) is 0 Å². The highest BCUT2D eigenvalue weighted by Crippen LogP contribution is 2.34. The molecule has 1 aliphatic rings. The first-order valence-corrected chi connectivity index (χ1v) is 10.6. The van der Waals surface area contributed by atoms with Crippen molar-refractivity contribution in [1.29, 1.82) is 0 Å². The number of anilines is 1. The van der Waals surface area contributed by atoms with E-state index in [9.17, 15) is 5.11 Å². The van der Waals surface area contributed by atoms with E-state index in [1.54, 1.807) is 18.2 Å². The number of nitrogens with one attached hydrogen (secondary N) is 2. The molecule has 5 nitrogen and oxygen atoms in total. The Hall–Kier alpha value is -3.05. The van der Waals surface area contributed by atoms with Crippen LogP contribution in [0.25, 0.3) is 5.57 Å². The molecule has 1 aromatic heterocycles. The maximum absolute atomic E-state index is 9.61. The van der Waals surface area contributed by atoms with Crippen molar-refractivity contribution in [3.05, 3.63) is 89.9 Å². The topological polar surface area (TPSA) is 64.2 Å².